The van der Waals surface area contributed by atoms with Gasteiger partial charge in [-0.2, -0.15) is 0 Å². The molecule has 0 amide bonds. The maximum absolute atomic E-state index is 10.5. The zero-order chi connectivity index (χ0) is 11.4. The molecule has 2 aromatic heterocycles. The summed E-state index contributed by atoms with van der Waals surface area (Å²) < 4.78 is 1.89. The predicted octanol–water partition coefficient (Wildman–Crippen LogP) is 1.56. The highest BCUT2D eigenvalue weighted by Gasteiger charge is 2.07. The fourth-order valence-corrected chi connectivity index (χ4v) is 2.40. The monoisotopic (exact) mass is 255 g/mol. The molecule has 2 aromatic rings. The molecular formula is C9H9N3O2S2. The lowest BCUT2D eigenvalue weighted by molar-refractivity contribution is -0.133. The van der Waals surface area contributed by atoms with Gasteiger partial charge in [0.05, 0.1) is 23.5 Å². The third-order valence-electron chi connectivity index (χ3n) is 1.82. The zero-order valence-electron chi connectivity index (χ0n) is 8.24. The second-order valence-corrected chi connectivity index (χ2v) is 4.66. The van der Waals surface area contributed by atoms with E-state index in [4.69, 9.17) is 5.11 Å². The van der Waals surface area contributed by atoms with Gasteiger partial charge < -0.3 is 9.67 Å². The largest absolute Gasteiger partial charge is 0.481 e. The molecule has 0 aliphatic heterocycles. The number of thiazole rings is 1. The molecular weight excluding hydrogens is 246 g/mol. The van der Waals surface area contributed by atoms with Crippen molar-refractivity contribution in [2.45, 2.75) is 11.7 Å². The van der Waals surface area contributed by atoms with Crippen LogP contribution >= 0.6 is 23.1 Å². The van der Waals surface area contributed by atoms with Crippen LogP contribution in [0, 0.1) is 0 Å². The highest BCUT2D eigenvalue weighted by atomic mass is 32.2. The Hall–Kier alpha value is -1.34. The van der Waals surface area contributed by atoms with Crippen LogP contribution in [-0.4, -0.2) is 31.4 Å². The fraction of sp³-hybridized carbons (Fsp3) is 0.222. The molecule has 0 fully saturated rings. The number of thioether (sulfide) groups is 1. The summed E-state index contributed by atoms with van der Waals surface area (Å²) in [7, 11) is 0. The van der Waals surface area contributed by atoms with Gasteiger partial charge in [-0.1, -0.05) is 11.8 Å². The summed E-state index contributed by atoms with van der Waals surface area (Å²) in [6, 6.07) is 0. The van der Waals surface area contributed by atoms with Crippen LogP contribution in [0.2, 0.25) is 0 Å². The van der Waals surface area contributed by atoms with Crippen LogP contribution in [0.3, 0.4) is 0 Å². The van der Waals surface area contributed by atoms with Gasteiger partial charge in [0, 0.05) is 17.8 Å². The third kappa shape index (κ3) is 2.83. The number of carboxylic acids is 1. The first-order valence-corrected chi connectivity index (χ1v) is 6.41. The lowest BCUT2D eigenvalue weighted by Gasteiger charge is -2.03. The van der Waals surface area contributed by atoms with Crippen molar-refractivity contribution in [2.75, 3.05) is 5.75 Å². The van der Waals surface area contributed by atoms with Gasteiger partial charge >= 0.3 is 5.97 Å². The predicted molar refractivity (Wildman–Crippen MR) is 61.8 cm³/mol. The van der Waals surface area contributed by atoms with E-state index in [2.05, 4.69) is 9.97 Å². The van der Waals surface area contributed by atoms with Crippen molar-refractivity contribution in [1.82, 2.24) is 14.5 Å². The quantitative estimate of drug-likeness (QED) is 0.821. The highest BCUT2D eigenvalue weighted by Crippen LogP contribution is 2.16. The first kappa shape index (κ1) is 11.2. The van der Waals surface area contributed by atoms with Crippen LogP contribution in [0.5, 0.6) is 0 Å². The number of rotatable bonds is 5. The van der Waals surface area contributed by atoms with Gasteiger partial charge in [-0.3, -0.25) is 4.79 Å². The van der Waals surface area contributed by atoms with Crippen molar-refractivity contribution >= 4 is 29.1 Å². The molecule has 0 saturated carbocycles. The number of carbonyl (C=O) groups is 1. The number of hydrogen-bond acceptors (Lipinski definition) is 5. The van der Waals surface area contributed by atoms with E-state index in [9.17, 15) is 4.79 Å². The van der Waals surface area contributed by atoms with Crippen LogP contribution in [-0.2, 0) is 11.3 Å². The molecule has 0 bridgehead atoms. The Morgan fingerprint density at radius 2 is 2.44 bits per heavy atom. The number of imidazole rings is 1. The summed E-state index contributed by atoms with van der Waals surface area (Å²) in [4.78, 5) is 18.7. The Morgan fingerprint density at radius 3 is 3.12 bits per heavy atom. The van der Waals surface area contributed by atoms with Crippen LogP contribution in [0.4, 0.5) is 0 Å². The summed E-state index contributed by atoms with van der Waals surface area (Å²) in [5.74, 6) is -0.818. The fourth-order valence-electron chi connectivity index (χ4n) is 1.17. The van der Waals surface area contributed by atoms with Crippen molar-refractivity contribution in [3.8, 4) is 0 Å². The molecule has 1 N–H and O–H groups in total. The molecule has 2 rings (SSSR count). The van der Waals surface area contributed by atoms with Gasteiger partial charge in [-0.25, -0.2) is 9.97 Å². The summed E-state index contributed by atoms with van der Waals surface area (Å²) >= 11 is 2.75. The second kappa shape index (κ2) is 5.13. The van der Waals surface area contributed by atoms with Gasteiger partial charge in [0.1, 0.15) is 0 Å². The van der Waals surface area contributed by atoms with Crippen molar-refractivity contribution < 1.29 is 9.90 Å². The number of hydrogen-bond donors (Lipinski definition) is 1. The van der Waals surface area contributed by atoms with Gasteiger partial charge in [0.15, 0.2) is 5.16 Å². The Balaban J connectivity index is 2.04. The van der Waals surface area contributed by atoms with Gasteiger partial charge in [0.25, 0.3) is 0 Å². The Bertz CT molecular complexity index is 467. The summed E-state index contributed by atoms with van der Waals surface area (Å²) in [5, 5.41) is 11.3. The first-order valence-electron chi connectivity index (χ1n) is 4.48. The molecule has 0 aromatic carbocycles. The van der Waals surface area contributed by atoms with E-state index in [1.165, 1.54) is 23.1 Å². The summed E-state index contributed by atoms with van der Waals surface area (Å²) in [5.41, 5.74) is 2.73. The van der Waals surface area contributed by atoms with Crippen molar-refractivity contribution in [2.24, 2.45) is 0 Å². The lowest BCUT2D eigenvalue weighted by atomic mass is 10.5. The first-order chi connectivity index (χ1) is 7.75. The van der Waals surface area contributed by atoms with Gasteiger partial charge in [0.2, 0.25) is 0 Å². The molecule has 84 valence electrons. The van der Waals surface area contributed by atoms with Crippen LogP contribution in [0.25, 0.3) is 0 Å². The molecule has 0 radical (unpaired) electrons. The van der Waals surface area contributed by atoms with Gasteiger partial charge in [-0.05, 0) is 0 Å². The van der Waals surface area contributed by atoms with E-state index in [1.54, 1.807) is 11.7 Å². The molecule has 0 aliphatic rings. The minimum atomic E-state index is -0.840. The number of aliphatic carboxylic acids is 1. The molecule has 0 spiro atoms. The molecule has 2 heterocycles. The van der Waals surface area contributed by atoms with Crippen molar-refractivity contribution in [1.29, 1.82) is 0 Å². The SMILES string of the molecule is O=C(O)CSc1nccn1Cc1cscn1. The standard InChI is InChI=1S/C9H9N3O2S2/c13-8(14)5-16-9-10-1-2-12(9)3-7-4-15-6-11-7/h1-2,4,6H,3,5H2,(H,13,14). The van der Waals surface area contributed by atoms with E-state index >= 15 is 0 Å². The van der Waals surface area contributed by atoms with E-state index in [0.717, 1.165) is 5.69 Å². The Morgan fingerprint density at radius 1 is 1.56 bits per heavy atom. The number of carboxylic acid groups (broad SMARTS) is 1. The zero-order valence-corrected chi connectivity index (χ0v) is 9.87. The van der Waals surface area contributed by atoms with E-state index < -0.39 is 5.97 Å². The number of nitrogens with zero attached hydrogens (tertiary/aromatic N) is 3. The van der Waals surface area contributed by atoms with Crippen LogP contribution < -0.4 is 0 Å². The number of aromatic nitrogens is 3. The summed E-state index contributed by atoms with van der Waals surface area (Å²) in [6.45, 7) is 0.630. The molecule has 0 atom stereocenters. The van der Waals surface area contributed by atoms with Crippen molar-refractivity contribution in [3.63, 3.8) is 0 Å². The molecule has 5 nitrogen and oxygen atoms in total. The Kier molecular flexibility index (Phi) is 3.58. The van der Waals surface area contributed by atoms with E-state index in [1.807, 2.05) is 16.1 Å². The highest BCUT2D eigenvalue weighted by molar-refractivity contribution is 7.99. The molecule has 0 unspecified atom stereocenters. The average Bonchev–Trinajstić information content (AvgIpc) is 2.87. The third-order valence-corrected chi connectivity index (χ3v) is 3.44. The average molecular weight is 255 g/mol. The molecule has 0 aliphatic carbocycles. The summed E-state index contributed by atoms with van der Waals surface area (Å²) in [6.07, 6.45) is 3.49. The minimum Gasteiger partial charge on any atom is -0.481 e. The van der Waals surface area contributed by atoms with Gasteiger partial charge in [-0.15, -0.1) is 11.3 Å². The molecule has 16 heavy (non-hydrogen) atoms. The van der Waals surface area contributed by atoms with E-state index in [-0.39, 0.29) is 5.75 Å². The smallest absolute Gasteiger partial charge is 0.313 e. The lowest BCUT2D eigenvalue weighted by Crippen LogP contribution is -2.03. The van der Waals surface area contributed by atoms with Crippen molar-refractivity contribution in [3.05, 3.63) is 29.0 Å². The molecule has 7 heteroatoms. The topological polar surface area (TPSA) is 68.0 Å². The van der Waals surface area contributed by atoms with Crippen LogP contribution in [0.15, 0.2) is 28.4 Å². The van der Waals surface area contributed by atoms with Crippen LogP contribution in [0.1, 0.15) is 5.69 Å². The van der Waals surface area contributed by atoms with E-state index in [0.29, 0.717) is 11.7 Å². The minimum absolute atomic E-state index is 0.0219. The normalized spacial score (nSPS) is 10.5. The second-order valence-electron chi connectivity index (χ2n) is 3.00. The Labute approximate surface area is 100 Å². The maximum atomic E-state index is 10.5. The molecule has 0 saturated heterocycles. The maximum Gasteiger partial charge on any atom is 0.313 e.